The Hall–Kier alpha value is -1.91. The third-order valence-corrected chi connectivity index (χ3v) is 5.86. The number of hydrogen-bond acceptors (Lipinski definition) is 3. The lowest BCUT2D eigenvalue weighted by molar-refractivity contribution is -0.105. The van der Waals surface area contributed by atoms with Crippen molar-refractivity contribution in [1.82, 2.24) is 9.47 Å². The van der Waals surface area contributed by atoms with Crippen molar-refractivity contribution < 1.29 is 9.90 Å². The quantitative estimate of drug-likeness (QED) is 0.681. The van der Waals surface area contributed by atoms with E-state index in [1.165, 1.54) is 16.6 Å². The van der Waals surface area contributed by atoms with Gasteiger partial charge < -0.3 is 9.67 Å². The fourth-order valence-electron chi connectivity index (χ4n) is 4.64. The number of para-hydroxylation sites is 1. The first-order valence-electron chi connectivity index (χ1n) is 8.77. The van der Waals surface area contributed by atoms with Gasteiger partial charge in [-0.25, -0.2) is 0 Å². The summed E-state index contributed by atoms with van der Waals surface area (Å²) in [5, 5.41) is 12.3. The van der Waals surface area contributed by atoms with Crippen molar-refractivity contribution >= 4 is 17.2 Å². The smallest absolute Gasteiger partial charge is 0.145 e. The molecule has 24 heavy (non-hydrogen) atoms. The summed E-state index contributed by atoms with van der Waals surface area (Å²) in [5.41, 5.74) is 4.55. The zero-order valence-electron chi connectivity index (χ0n) is 14.3. The maximum absolute atomic E-state index is 11.5. The molecule has 0 bridgehead atoms. The van der Waals surface area contributed by atoms with E-state index in [1.807, 2.05) is 19.1 Å². The second-order valence-corrected chi connectivity index (χ2v) is 7.05. The number of aliphatic hydroxyl groups is 1. The largest absolute Gasteiger partial charge is 0.373 e. The van der Waals surface area contributed by atoms with Gasteiger partial charge in [0.25, 0.3) is 0 Å². The van der Waals surface area contributed by atoms with Crippen LogP contribution in [0.1, 0.15) is 43.3 Å². The Morgan fingerprint density at radius 3 is 2.83 bits per heavy atom. The van der Waals surface area contributed by atoms with E-state index in [4.69, 9.17) is 0 Å². The highest BCUT2D eigenvalue weighted by atomic mass is 16.3. The van der Waals surface area contributed by atoms with Crippen LogP contribution < -0.4 is 0 Å². The van der Waals surface area contributed by atoms with Crippen molar-refractivity contribution in [3.05, 3.63) is 47.2 Å². The molecule has 0 amide bonds. The highest BCUT2D eigenvalue weighted by molar-refractivity contribution is 5.86. The molecule has 0 saturated carbocycles. The van der Waals surface area contributed by atoms with Crippen molar-refractivity contribution in [3.63, 3.8) is 0 Å². The first kappa shape index (κ1) is 15.6. The molecule has 0 unspecified atom stereocenters. The molecular formula is C20H24N2O2. The minimum atomic E-state index is -0.588. The van der Waals surface area contributed by atoms with Gasteiger partial charge >= 0.3 is 0 Å². The summed E-state index contributed by atoms with van der Waals surface area (Å²) in [6, 6.07) is 8.63. The number of benzene rings is 1. The minimum absolute atomic E-state index is 0.0968. The average Bonchev–Trinajstić information content (AvgIpc) is 2.84. The number of nitrogens with zero attached hydrogens (tertiary/aromatic N) is 2. The first-order valence-corrected chi connectivity index (χ1v) is 8.77. The van der Waals surface area contributed by atoms with Crippen molar-refractivity contribution in [2.45, 2.75) is 38.5 Å². The van der Waals surface area contributed by atoms with Gasteiger partial charge in [0.15, 0.2) is 0 Å². The summed E-state index contributed by atoms with van der Waals surface area (Å²) in [5.74, 6) is 0.0968. The van der Waals surface area contributed by atoms with E-state index in [2.05, 4.69) is 34.7 Å². The summed E-state index contributed by atoms with van der Waals surface area (Å²) in [4.78, 5) is 13.8. The maximum Gasteiger partial charge on any atom is 0.145 e. The molecule has 0 fully saturated rings. The summed E-state index contributed by atoms with van der Waals surface area (Å²) in [6.45, 7) is 2.92. The van der Waals surface area contributed by atoms with E-state index in [9.17, 15) is 9.90 Å². The number of likely N-dealkylation sites (N-methyl/N-ethyl adjacent to an activating group) is 1. The highest BCUT2D eigenvalue weighted by Crippen LogP contribution is 2.46. The number of aromatic nitrogens is 1. The molecule has 3 atom stereocenters. The number of aldehydes is 1. The van der Waals surface area contributed by atoms with Crippen LogP contribution in [0, 0.1) is 5.92 Å². The number of fused-ring (bicyclic) bond motifs is 3. The van der Waals surface area contributed by atoms with Gasteiger partial charge in [0.2, 0.25) is 0 Å². The van der Waals surface area contributed by atoms with E-state index in [0.29, 0.717) is 6.42 Å². The predicted molar refractivity (Wildman–Crippen MR) is 94.8 cm³/mol. The molecule has 0 radical (unpaired) electrons. The Morgan fingerprint density at radius 1 is 1.29 bits per heavy atom. The maximum atomic E-state index is 11.5. The molecule has 0 saturated heterocycles. The molecule has 3 heterocycles. The van der Waals surface area contributed by atoms with Crippen LogP contribution in [0.2, 0.25) is 0 Å². The molecule has 126 valence electrons. The molecule has 4 nitrogen and oxygen atoms in total. The SMILES string of the molecule is C/C=C(/C=O)[C@H]1C[C@@H]2c3c(c4ccccc4n3[C@H](O)C1)CCN2C. The summed E-state index contributed by atoms with van der Waals surface area (Å²) in [7, 11) is 2.15. The van der Waals surface area contributed by atoms with Crippen molar-refractivity contribution in [2.24, 2.45) is 5.92 Å². The Morgan fingerprint density at radius 2 is 2.08 bits per heavy atom. The number of carbonyl (C=O) groups excluding carboxylic acids is 1. The van der Waals surface area contributed by atoms with E-state index in [1.54, 1.807) is 0 Å². The van der Waals surface area contributed by atoms with Crippen LogP contribution in [0.5, 0.6) is 0 Å². The number of rotatable bonds is 2. The van der Waals surface area contributed by atoms with Crippen LogP contribution in [0.15, 0.2) is 35.9 Å². The third kappa shape index (κ3) is 2.17. The Labute approximate surface area is 142 Å². The molecule has 4 rings (SSSR count). The lowest BCUT2D eigenvalue weighted by atomic mass is 9.86. The fourth-order valence-corrected chi connectivity index (χ4v) is 4.64. The van der Waals surface area contributed by atoms with Crippen LogP contribution in [0.3, 0.4) is 0 Å². The molecular weight excluding hydrogens is 300 g/mol. The van der Waals surface area contributed by atoms with E-state index < -0.39 is 6.23 Å². The molecule has 1 aromatic heterocycles. The molecule has 0 spiro atoms. The number of aliphatic hydroxyl groups excluding tert-OH is 1. The van der Waals surface area contributed by atoms with Gasteiger partial charge in [-0.1, -0.05) is 24.3 Å². The van der Waals surface area contributed by atoms with E-state index >= 15 is 0 Å². The molecule has 1 aromatic carbocycles. The average molecular weight is 324 g/mol. The van der Waals surface area contributed by atoms with E-state index in [0.717, 1.165) is 36.8 Å². The summed E-state index contributed by atoms with van der Waals surface area (Å²) in [6.07, 6.45) is 4.75. The van der Waals surface area contributed by atoms with Crippen LogP contribution in [-0.2, 0) is 11.2 Å². The monoisotopic (exact) mass is 324 g/mol. The number of allylic oxidation sites excluding steroid dienone is 2. The van der Waals surface area contributed by atoms with Crippen LogP contribution in [-0.4, -0.2) is 34.5 Å². The zero-order valence-corrected chi connectivity index (χ0v) is 14.3. The van der Waals surface area contributed by atoms with Crippen LogP contribution in [0.4, 0.5) is 0 Å². The van der Waals surface area contributed by atoms with Crippen molar-refractivity contribution in [1.29, 1.82) is 0 Å². The van der Waals surface area contributed by atoms with Gasteiger partial charge in [-0.2, -0.15) is 0 Å². The van der Waals surface area contributed by atoms with Gasteiger partial charge in [0, 0.05) is 17.6 Å². The molecule has 1 N–H and O–H groups in total. The number of carbonyl (C=O) groups is 1. The lowest BCUT2D eigenvalue weighted by Gasteiger charge is -2.34. The molecule has 4 heteroatoms. The van der Waals surface area contributed by atoms with Gasteiger partial charge in [0.1, 0.15) is 12.5 Å². The second-order valence-electron chi connectivity index (χ2n) is 7.05. The van der Waals surface area contributed by atoms with Crippen LogP contribution >= 0.6 is 0 Å². The second kappa shape index (κ2) is 5.87. The topological polar surface area (TPSA) is 45.5 Å². The molecule has 0 aliphatic carbocycles. The Kier molecular flexibility index (Phi) is 3.82. The van der Waals surface area contributed by atoms with Gasteiger partial charge in [-0.05, 0) is 56.4 Å². The summed E-state index contributed by atoms with van der Waals surface area (Å²) >= 11 is 0. The zero-order chi connectivity index (χ0) is 16.8. The lowest BCUT2D eigenvalue weighted by Crippen LogP contribution is -2.33. The fraction of sp³-hybridized carbons (Fsp3) is 0.450. The minimum Gasteiger partial charge on any atom is -0.373 e. The van der Waals surface area contributed by atoms with Gasteiger partial charge in [-0.3, -0.25) is 9.69 Å². The Balaban J connectivity index is 1.93. The normalized spacial score (nSPS) is 27.8. The summed E-state index contributed by atoms with van der Waals surface area (Å²) < 4.78 is 2.13. The van der Waals surface area contributed by atoms with Gasteiger partial charge in [-0.15, -0.1) is 0 Å². The van der Waals surface area contributed by atoms with Crippen molar-refractivity contribution in [3.8, 4) is 0 Å². The Bertz CT molecular complexity index is 820. The number of hydrogen-bond donors (Lipinski definition) is 1. The van der Waals surface area contributed by atoms with Crippen LogP contribution in [0.25, 0.3) is 10.9 Å². The molecule has 2 aliphatic rings. The first-order chi connectivity index (χ1) is 11.7. The van der Waals surface area contributed by atoms with E-state index in [-0.39, 0.29) is 12.0 Å². The predicted octanol–water partition coefficient (Wildman–Crippen LogP) is 3.22. The molecule has 2 aromatic rings. The van der Waals surface area contributed by atoms with Crippen molar-refractivity contribution in [2.75, 3.05) is 13.6 Å². The third-order valence-electron chi connectivity index (χ3n) is 5.86. The molecule has 2 aliphatic heterocycles. The van der Waals surface area contributed by atoms with Gasteiger partial charge in [0.05, 0.1) is 11.6 Å². The highest BCUT2D eigenvalue weighted by Gasteiger charge is 2.38. The standard InChI is InChI=1S/C20H24N2O2/c1-3-13(12-23)14-10-18-20-16(8-9-21(18)2)15-6-4-5-7-17(15)22(20)19(24)11-14/h3-7,12,14,18-19,24H,8-11H2,1-2H3/b13-3-/t14-,18+,19+/m0/s1.